The molecule has 1 aliphatic heterocycles. The molecule has 0 spiro atoms. The highest BCUT2D eigenvalue weighted by Gasteiger charge is 2.29. The average molecular weight is 305 g/mol. The molecule has 0 saturated heterocycles. The van der Waals surface area contributed by atoms with Gasteiger partial charge in [-0.1, -0.05) is 19.3 Å². The lowest BCUT2D eigenvalue weighted by atomic mass is 9.82. The van der Waals surface area contributed by atoms with Crippen LogP contribution in [0.2, 0.25) is 0 Å². The molecule has 122 valence electrons. The third-order valence-electron chi connectivity index (χ3n) is 5.33. The third-order valence-corrected chi connectivity index (χ3v) is 5.33. The molecule has 0 radical (unpaired) electrons. The average Bonchev–Trinajstić information content (AvgIpc) is 3.02. The van der Waals surface area contributed by atoms with Gasteiger partial charge in [0.05, 0.1) is 6.33 Å². The zero-order valence-electron chi connectivity index (χ0n) is 13.2. The first-order chi connectivity index (χ1) is 10.8. The highest BCUT2D eigenvalue weighted by atomic mass is 16.3. The summed E-state index contributed by atoms with van der Waals surface area (Å²) in [4.78, 5) is 16.8. The Morgan fingerprint density at radius 2 is 2.18 bits per heavy atom. The summed E-state index contributed by atoms with van der Waals surface area (Å²) >= 11 is 0. The van der Waals surface area contributed by atoms with Crippen molar-refractivity contribution >= 4 is 5.91 Å². The number of hydrogen-bond acceptors (Lipinski definition) is 3. The zero-order valence-corrected chi connectivity index (χ0v) is 13.2. The SMILES string of the molecule is O=C(NC(CCO)C1CCCCC1)C1CCn2cncc2C1. The van der Waals surface area contributed by atoms with Gasteiger partial charge in [0.15, 0.2) is 0 Å². The van der Waals surface area contributed by atoms with Gasteiger partial charge in [0.2, 0.25) is 5.91 Å². The van der Waals surface area contributed by atoms with Crippen LogP contribution in [-0.2, 0) is 17.8 Å². The van der Waals surface area contributed by atoms with E-state index in [2.05, 4.69) is 14.9 Å². The summed E-state index contributed by atoms with van der Waals surface area (Å²) in [6.07, 6.45) is 12.2. The van der Waals surface area contributed by atoms with E-state index in [-0.39, 0.29) is 24.5 Å². The van der Waals surface area contributed by atoms with Gasteiger partial charge in [-0.2, -0.15) is 0 Å². The van der Waals surface area contributed by atoms with Crippen molar-refractivity contribution in [1.29, 1.82) is 0 Å². The van der Waals surface area contributed by atoms with Gasteiger partial charge in [-0.05, 0) is 31.6 Å². The zero-order chi connectivity index (χ0) is 15.4. The molecule has 2 aliphatic rings. The second-order valence-electron chi connectivity index (χ2n) is 6.79. The van der Waals surface area contributed by atoms with Crippen LogP contribution in [0.3, 0.4) is 0 Å². The molecule has 0 bridgehead atoms. The number of imidazole rings is 1. The van der Waals surface area contributed by atoms with Crippen molar-refractivity contribution in [3.63, 3.8) is 0 Å². The first kappa shape index (κ1) is 15.5. The van der Waals surface area contributed by atoms with Crippen LogP contribution in [0, 0.1) is 11.8 Å². The van der Waals surface area contributed by atoms with E-state index in [1.807, 2.05) is 12.5 Å². The van der Waals surface area contributed by atoms with E-state index < -0.39 is 0 Å². The summed E-state index contributed by atoms with van der Waals surface area (Å²) < 4.78 is 2.14. The summed E-state index contributed by atoms with van der Waals surface area (Å²) in [5, 5.41) is 12.6. The first-order valence-corrected chi connectivity index (χ1v) is 8.68. The van der Waals surface area contributed by atoms with E-state index in [0.29, 0.717) is 12.3 Å². The van der Waals surface area contributed by atoms with Crippen LogP contribution in [0.15, 0.2) is 12.5 Å². The van der Waals surface area contributed by atoms with Gasteiger partial charge in [-0.15, -0.1) is 0 Å². The van der Waals surface area contributed by atoms with Crippen LogP contribution in [0.4, 0.5) is 0 Å². The molecule has 1 saturated carbocycles. The van der Waals surface area contributed by atoms with Crippen LogP contribution in [0.5, 0.6) is 0 Å². The number of carbonyl (C=O) groups is 1. The topological polar surface area (TPSA) is 67.2 Å². The molecule has 5 heteroatoms. The van der Waals surface area contributed by atoms with Crippen LogP contribution < -0.4 is 5.32 Å². The van der Waals surface area contributed by atoms with Gasteiger partial charge >= 0.3 is 0 Å². The van der Waals surface area contributed by atoms with Crippen molar-refractivity contribution in [3.05, 3.63) is 18.2 Å². The van der Waals surface area contributed by atoms with Crippen molar-refractivity contribution in [2.24, 2.45) is 11.8 Å². The Labute approximate surface area is 132 Å². The van der Waals surface area contributed by atoms with Gasteiger partial charge < -0.3 is 15.0 Å². The van der Waals surface area contributed by atoms with Crippen molar-refractivity contribution in [3.8, 4) is 0 Å². The Hall–Kier alpha value is -1.36. The molecule has 1 aromatic rings. The van der Waals surface area contributed by atoms with E-state index in [0.717, 1.165) is 25.1 Å². The molecule has 1 aliphatic carbocycles. The van der Waals surface area contributed by atoms with Gasteiger partial charge in [0, 0.05) is 43.4 Å². The maximum absolute atomic E-state index is 12.6. The Morgan fingerprint density at radius 1 is 1.36 bits per heavy atom. The second kappa shape index (κ2) is 7.27. The van der Waals surface area contributed by atoms with Crippen molar-refractivity contribution in [2.45, 2.75) is 64.0 Å². The third kappa shape index (κ3) is 3.51. The van der Waals surface area contributed by atoms with E-state index in [9.17, 15) is 9.90 Å². The van der Waals surface area contributed by atoms with Crippen molar-refractivity contribution in [1.82, 2.24) is 14.9 Å². The molecular formula is C17H27N3O2. The highest BCUT2D eigenvalue weighted by Crippen LogP contribution is 2.28. The molecule has 1 fully saturated rings. The summed E-state index contributed by atoms with van der Waals surface area (Å²) in [5.41, 5.74) is 1.16. The highest BCUT2D eigenvalue weighted by molar-refractivity contribution is 5.79. The number of hydrogen-bond donors (Lipinski definition) is 2. The fourth-order valence-electron chi connectivity index (χ4n) is 3.99. The van der Waals surface area contributed by atoms with Gasteiger partial charge in [0.25, 0.3) is 0 Å². The van der Waals surface area contributed by atoms with E-state index in [4.69, 9.17) is 0 Å². The Bertz CT molecular complexity index is 494. The Balaban J connectivity index is 1.59. The molecule has 2 heterocycles. The molecule has 1 amide bonds. The van der Waals surface area contributed by atoms with E-state index in [1.165, 1.54) is 32.1 Å². The van der Waals surface area contributed by atoms with Gasteiger partial charge in [-0.3, -0.25) is 4.79 Å². The molecular weight excluding hydrogens is 278 g/mol. The summed E-state index contributed by atoms with van der Waals surface area (Å²) in [7, 11) is 0. The summed E-state index contributed by atoms with van der Waals surface area (Å²) in [6, 6.07) is 0.143. The minimum absolute atomic E-state index is 0.0500. The maximum atomic E-state index is 12.6. The number of fused-ring (bicyclic) bond motifs is 1. The number of aliphatic hydroxyl groups is 1. The lowest BCUT2D eigenvalue weighted by molar-refractivity contribution is -0.126. The Morgan fingerprint density at radius 3 is 2.95 bits per heavy atom. The Kier molecular flexibility index (Phi) is 5.13. The molecule has 22 heavy (non-hydrogen) atoms. The normalized spacial score (nSPS) is 23.8. The van der Waals surface area contributed by atoms with Crippen molar-refractivity contribution < 1.29 is 9.90 Å². The lowest BCUT2D eigenvalue weighted by Gasteiger charge is -2.32. The number of rotatable bonds is 5. The largest absolute Gasteiger partial charge is 0.396 e. The number of aliphatic hydroxyl groups excluding tert-OH is 1. The fraction of sp³-hybridized carbons (Fsp3) is 0.765. The van der Waals surface area contributed by atoms with E-state index >= 15 is 0 Å². The quantitative estimate of drug-likeness (QED) is 0.873. The van der Waals surface area contributed by atoms with Crippen molar-refractivity contribution in [2.75, 3.05) is 6.61 Å². The van der Waals surface area contributed by atoms with Gasteiger partial charge in [0.1, 0.15) is 0 Å². The minimum atomic E-state index is 0.0500. The molecule has 2 unspecified atom stereocenters. The van der Waals surface area contributed by atoms with Crippen LogP contribution in [-0.4, -0.2) is 33.2 Å². The number of carbonyl (C=O) groups excluding carboxylic acids is 1. The number of aryl methyl sites for hydroxylation is 1. The maximum Gasteiger partial charge on any atom is 0.223 e. The predicted molar refractivity (Wildman–Crippen MR) is 84.2 cm³/mol. The first-order valence-electron chi connectivity index (χ1n) is 8.68. The summed E-state index contributed by atoms with van der Waals surface area (Å²) in [5.74, 6) is 0.754. The predicted octanol–water partition coefficient (Wildman–Crippen LogP) is 1.89. The summed E-state index contributed by atoms with van der Waals surface area (Å²) in [6.45, 7) is 1.03. The number of amides is 1. The standard InChI is InChI=1S/C17H27N3O2/c21-9-7-16(13-4-2-1-3-5-13)19-17(22)14-6-8-20-12-18-11-15(20)10-14/h11-14,16,21H,1-10H2,(H,19,22). The van der Waals surface area contributed by atoms with Gasteiger partial charge in [-0.25, -0.2) is 4.98 Å². The molecule has 1 aromatic heterocycles. The minimum Gasteiger partial charge on any atom is -0.396 e. The smallest absolute Gasteiger partial charge is 0.223 e. The van der Waals surface area contributed by atoms with Crippen LogP contribution in [0.25, 0.3) is 0 Å². The molecule has 5 nitrogen and oxygen atoms in total. The van der Waals surface area contributed by atoms with E-state index in [1.54, 1.807) is 0 Å². The molecule has 2 atom stereocenters. The second-order valence-corrected chi connectivity index (χ2v) is 6.79. The number of nitrogens with zero attached hydrogens (tertiary/aromatic N) is 2. The van der Waals surface area contributed by atoms with Crippen LogP contribution >= 0.6 is 0 Å². The molecule has 3 rings (SSSR count). The van der Waals surface area contributed by atoms with Crippen LogP contribution in [0.1, 0.15) is 50.6 Å². The lowest BCUT2D eigenvalue weighted by Crippen LogP contribution is -2.45. The monoisotopic (exact) mass is 305 g/mol. The number of nitrogens with one attached hydrogen (secondary N) is 1. The fourth-order valence-corrected chi connectivity index (χ4v) is 3.99. The number of aromatic nitrogens is 2. The molecule has 2 N–H and O–H groups in total. The molecule has 0 aromatic carbocycles.